The lowest BCUT2D eigenvalue weighted by Crippen LogP contribution is -2.47. The van der Waals surface area contributed by atoms with Gasteiger partial charge in [-0.3, -0.25) is 20.4 Å². The minimum Gasteiger partial charge on any atom is -0.479 e. The fourth-order valence-corrected chi connectivity index (χ4v) is 1.97. The number of hydrogen-bond donors (Lipinski definition) is 2. The van der Waals surface area contributed by atoms with Crippen LogP contribution in [-0.2, 0) is 14.3 Å². The maximum absolute atomic E-state index is 12.9. The number of halogens is 1. The zero-order chi connectivity index (χ0) is 19.8. The normalized spacial score (nSPS) is 12.4. The van der Waals surface area contributed by atoms with Crippen LogP contribution >= 0.6 is 0 Å². The van der Waals surface area contributed by atoms with Gasteiger partial charge in [-0.1, -0.05) is 18.2 Å². The van der Waals surface area contributed by atoms with E-state index in [9.17, 15) is 18.8 Å². The molecule has 2 aromatic carbocycles. The molecule has 0 unspecified atom stereocenters. The van der Waals surface area contributed by atoms with Crippen LogP contribution in [0.1, 0.15) is 24.2 Å². The number of hydrogen-bond acceptors (Lipinski definition) is 5. The number of benzene rings is 2. The average Bonchev–Trinajstić information content (AvgIpc) is 2.68. The minimum atomic E-state index is -1.16. The Morgan fingerprint density at radius 3 is 2.15 bits per heavy atom. The summed E-state index contributed by atoms with van der Waals surface area (Å²) in [7, 11) is 0. The molecule has 2 rings (SSSR count). The second-order valence-electron chi connectivity index (χ2n) is 5.60. The van der Waals surface area contributed by atoms with Gasteiger partial charge in [-0.05, 0) is 50.2 Å². The first-order valence-electron chi connectivity index (χ1n) is 8.15. The van der Waals surface area contributed by atoms with Crippen molar-refractivity contribution in [1.29, 1.82) is 0 Å². The van der Waals surface area contributed by atoms with E-state index in [2.05, 4.69) is 10.9 Å². The van der Waals surface area contributed by atoms with Crippen molar-refractivity contribution in [3.63, 3.8) is 0 Å². The molecule has 2 atom stereocenters. The molecular weight excluding hydrogens is 355 g/mol. The summed E-state index contributed by atoms with van der Waals surface area (Å²) in [4.78, 5) is 35.8. The molecule has 7 nitrogen and oxygen atoms in total. The van der Waals surface area contributed by atoms with Crippen molar-refractivity contribution in [2.24, 2.45) is 0 Å². The van der Waals surface area contributed by atoms with Crippen LogP contribution in [0.4, 0.5) is 4.39 Å². The summed E-state index contributed by atoms with van der Waals surface area (Å²) in [5.74, 6) is -2.14. The molecule has 0 fully saturated rings. The van der Waals surface area contributed by atoms with Crippen molar-refractivity contribution >= 4 is 17.8 Å². The molecule has 27 heavy (non-hydrogen) atoms. The van der Waals surface area contributed by atoms with E-state index in [4.69, 9.17) is 9.47 Å². The second-order valence-corrected chi connectivity index (χ2v) is 5.60. The molecule has 2 amide bonds. The third kappa shape index (κ3) is 6.10. The van der Waals surface area contributed by atoms with Gasteiger partial charge >= 0.3 is 5.97 Å². The summed E-state index contributed by atoms with van der Waals surface area (Å²) in [6, 6.07) is 13.4. The summed E-state index contributed by atoms with van der Waals surface area (Å²) in [5.41, 5.74) is 4.78. The Labute approximate surface area is 155 Å². The number of esters is 1. The Bertz CT molecular complexity index is 796. The average molecular weight is 374 g/mol. The second kappa shape index (κ2) is 9.33. The molecular formula is C19H19FN2O5. The summed E-state index contributed by atoms with van der Waals surface area (Å²) < 4.78 is 23.2. The van der Waals surface area contributed by atoms with Gasteiger partial charge < -0.3 is 9.47 Å². The van der Waals surface area contributed by atoms with Crippen LogP contribution in [0.3, 0.4) is 0 Å². The maximum Gasteiger partial charge on any atom is 0.347 e. The van der Waals surface area contributed by atoms with E-state index in [0.717, 1.165) is 0 Å². The Morgan fingerprint density at radius 2 is 1.52 bits per heavy atom. The molecule has 0 radical (unpaired) electrons. The topological polar surface area (TPSA) is 93.7 Å². The summed E-state index contributed by atoms with van der Waals surface area (Å²) in [6.45, 7) is 2.79. The number of nitrogens with one attached hydrogen (secondary N) is 2. The summed E-state index contributed by atoms with van der Waals surface area (Å²) in [5, 5.41) is 0. The largest absolute Gasteiger partial charge is 0.479 e. The maximum atomic E-state index is 12.9. The SMILES string of the molecule is C[C@H](OC(=O)[C@@H](C)Oc1ccc(F)cc1)C(=O)NNC(=O)c1ccccc1. The quantitative estimate of drug-likeness (QED) is 0.596. The molecule has 0 aliphatic heterocycles. The first-order chi connectivity index (χ1) is 12.9. The van der Waals surface area contributed by atoms with E-state index in [1.807, 2.05) is 0 Å². The Kier molecular flexibility index (Phi) is 6.87. The summed E-state index contributed by atoms with van der Waals surface area (Å²) >= 11 is 0. The molecule has 0 bridgehead atoms. The number of rotatable bonds is 6. The first-order valence-corrected chi connectivity index (χ1v) is 8.15. The lowest BCUT2D eigenvalue weighted by Gasteiger charge is -2.18. The molecule has 2 aromatic rings. The highest BCUT2D eigenvalue weighted by atomic mass is 19.1. The van der Waals surface area contributed by atoms with E-state index < -0.39 is 35.8 Å². The molecule has 0 aliphatic carbocycles. The van der Waals surface area contributed by atoms with Gasteiger partial charge in [-0.25, -0.2) is 9.18 Å². The minimum absolute atomic E-state index is 0.285. The molecule has 0 aromatic heterocycles. The predicted molar refractivity (Wildman–Crippen MR) is 94.1 cm³/mol. The molecule has 2 N–H and O–H groups in total. The monoisotopic (exact) mass is 374 g/mol. The summed E-state index contributed by atoms with van der Waals surface area (Å²) in [6.07, 6.45) is -2.17. The van der Waals surface area contributed by atoms with Crippen molar-refractivity contribution < 1.29 is 28.2 Å². The highest BCUT2D eigenvalue weighted by Crippen LogP contribution is 2.13. The highest BCUT2D eigenvalue weighted by molar-refractivity contribution is 5.95. The van der Waals surface area contributed by atoms with Crippen LogP contribution in [0.25, 0.3) is 0 Å². The smallest absolute Gasteiger partial charge is 0.347 e. The number of amides is 2. The van der Waals surface area contributed by atoms with Gasteiger partial charge in [0.15, 0.2) is 12.2 Å². The van der Waals surface area contributed by atoms with Crippen molar-refractivity contribution in [1.82, 2.24) is 10.9 Å². The van der Waals surface area contributed by atoms with Crippen LogP contribution in [-0.4, -0.2) is 30.0 Å². The van der Waals surface area contributed by atoms with Crippen molar-refractivity contribution in [3.05, 3.63) is 66.0 Å². The first kappa shape index (κ1) is 19.9. The van der Waals surface area contributed by atoms with Crippen LogP contribution in [0, 0.1) is 5.82 Å². The standard InChI is InChI=1S/C19H19FN2O5/c1-12(17(23)21-22-18(24)14-6-4-3-5-7-14)27-19(25)13(2)26-16-10-8-15(20)9-11-16/h3-13H,1-2H3,(H,21,23)(H,22,24)/t12-,13+/m0/s1. The molecule has 0 saturated heterocycles. The Morgan fingerprint density at radius 1 is 0.889 bits per heavy atom. The van der Waals surface area contributed by atoms with Crippen LogP contribution in [0.2, 0.25) is 0 Å². The molecule has 142 valence electrons. The van der Waals surface area contributed by atoms with Crippen molar-refractivity contribution in [3.8, 4) is 5.75 Å². The van der Waals surface area contributed by atoms with E-state index >= 15 is 0 Å². The Balaban J connectivity index is 1.79. The zero-order valence-electron chi connectivity index (χ0n) is 14.8. The molecule has 0 heterocycles. The van der Waals surface area contributed by atoms with Gasteiger partial charge in [0.2, 0.25) is 0 Å². The zero-order valence-corrected chi connectivity index (χ0v) is 14.8. The van der Waals surface area contributed by atoms with Gasteiger partial charge in [0.25, 0.3) is 11.8 Å². The highest BCUT2D eigenvalue weighted by Gasteiger charge is 2.23. The lowest BCUT2D eigenvalue weighted by atomic mass is 10.2. The fourth-order valence-electron chi connectivity index (χ4n) is 1.97. The molecule has 8 heteroatoms. The number of ether oxygens (including phenoxy) is 2. The van der Waals surface area contributed by atoms with Crippen LogP contribution < -0.4 is 15.6 Å². The van der Waals surface area contributed by atoms with Crippen LogP contribution in [0.15, 0.2) is 54.6 Å². The van der Waals surface area contributed by atoms with E-state index in [1.165, 1.54) is 38.1 Å². The predicted octanol–water partition coefficient (Wildman–Crippen LogP) is 1.99. The molecule has 0 aliphatic rings. The molecule has 0 saturated carbocycles. The van der Waals surface area contributed by atoms with Crippen LogP contribution in [0.5, 0.6) is 5.75 Å². The number of carbonyl (C=O) groups is 3. The van der Waals surface area contributed by atoms with Crippen molar-refractivity contribution in [2.45, 2.75) is 26.1 Å². The van der Waals surface area contributed by atoms with Gasteiger partial charge in [0.05, 0.1) is 0 Å². The lowest BCUT2D eigenvalue weighted by molar-refractivity contribution is -0.161. The van der Waals surface area contributed by atoms with Gasteiger partial charge in [0.1, 0.15) is 11.6 Å². The third-order valence-corrected chi connectivity index (χ3v) is 3.46. The molecule has 0 spiro atoms. The van der Waals surface area contributed by atoms with Gasteiger partial charge in [-0.15, -0.1) is 0 Å². The number of hydrazine groups is 1. The third-order valence-electron chi connectivity index (χ3n) is 3.46. The Hall–Kier alpha value is -3.42. The van der Waals surface area contributed by atoms with Gasteiger partial charge in [-0.2, -0.15) is 0 Å². The van der Waals surface area contributed by atoms with Gasteiger partial charge in [0, 0.05) is 5.56 Å². The van der Waals surface area contributed by atoms with E-state index in [0.29, 0.717) is 5.56 Å². The van der Waals surface area contributed by atoms with Crippen molar-refractivity contribution in [2.75, 3.05) is 0 Å². The van der Waals surface area contributed by atoms with E-state index in [-0.39, 0.29) is 5.75 Å². The fraction of sp³-hybridized carbons (Fsp3) is 0.211. The van der Waals surface area contributed by atoms with E-state index in [1.54, 1.807) is 30.3 Å². The number of carbonyl (C=O) groups excluding carboxylic acids is 3.